The van der Waals surface area contributed by atoms with Crippen molar-refractivity contribution < 1.29 is 0 Å². The van der Waals surface area contributed by atoms with E-state index in [-0.39, 0.29) is 0 Å². The van der Waals surface area contributed by atoms with Gasteiger partial charge in [0.15, 0.2) is 0 Å². The van der Waals surface area contributed by atoms with Crippen molar-refractivity contribution in [1.29, 1.82) is 0 Å². The molecular weight excluding hydrogens is 244 g/mol. The number of hydrogen-bond acceptors (Lipinski definition) is 2. The van der Waals surface area contributed by atoms with Crippen LogP contribution in [0.5, 0.6) is 0 Å². The zero-order chi connectivity index (χ0) is 13.2. The van der Waals surface area contributed by atoms with Crippen LogP contribution in [0.25, 0.3) is 0 Å². The van der Waals surface area contributed by atoms with Gasteiger partial charge in [-0.2, -0.15) is 0 Å². The van der Waals surface area contributed by atoms with Gasteiger partial charge in [0.05, 0.1) is 0 Å². The smallest absolute Gasteiger partial charge is 0.0408 e. The summed E-state index contributed by atoms with van der Waals surface area (Å²) in [6.07, 6.45) is 5.78. The Morgan fingerprint density at radius 3 is 2.78 bits per heavy atom. The van der Waals surface area contributed by atoms with E-state index in [2.05, 4.69) is 18.0 Å². The number of hydrogen-bond donors (Lipinski definition) is 1. The molecule has 0 aliphatic heterocycles. The molecule has 1 rings (SSSR count). The highest BCUT2D eigenvalue weighted by Gasteiger charge is 2.00. The van der Waals surface area contributed by atoms with Gasteiger partial charge in [-0.1, -0.05) is 49.9 Å². The largest absolute Gasteiger partial charge is 0.325 e. The van der Waals surface area contributed by atoms with Crippen molar-refractivity contribution in [3.63, 3.8) is 0 Å². The summed E-state index contributed by atoms with van der Waals surface area (Å²) in [5.74, 6) is 0. The molecule has 0 saturated heterocycles. The van der Waals surface area contributed by atoms with Gasteiger partial charge in [-0.3, -0.25) is 4.99 Å². The summed E-state index contributed by atoms with van der Waals surface area (Å²) >= 11 is 5.96. The van der Waals surface area contributed by atoms with Crippen molar-refractivity contribution >= 4 is 17.3 Å². The molecule has 2 nitrogen and oxygen atoms in total. The quantitative estimate of drug-likeness (QED) is 0.563. The van der Waals surface area contributed by atoms with Crippen LogP contribution in [0.3, 0.4) is 0 Å². The van der Waals surface area contributed by atoms with Crippen molar-refractivity contribution in [1.82, 2.24) is 0 Å². The minimum absolute atomic E-state index is 0.528. The van der Waals surface area contributed by atoms with Gasteiger partial charge in [0.1, 0.15) is 0 Å². The van der Waals surface area contributed by atoms with Crippen LogP contribution in [0.2, 0.25) is 5.02 Å². The normalized spacial score (nSPS) is 11.8. The second-order valence-electron chi connectivity index (χ2n) is 4.52. The Balaban J connectivity index is 2.43. The molecule has 0 bridgehead atoms. The molecule has 0 amide bonds. The van der Waals surface area contributed by atoms with E-state index >= 15 is 0 Å². The van der Waals surface area contributed by atoms with Crippen molar-refractivity contribution in [2.24, 2.45) is 10.7 Å². The lowest BCUT2D eigenvalue weighted by Gasteiger charge is -2.05. The van der Waals surface area contributed by atoms with Gasteiger partial charge >= 0.3 is 0 Å². The number of aliphatic imine (C=N–C) groups is 1. The molecule has 0 aromatic heterocycles. The number of nitrogens with two attached hydrogens (primary N) is 1. The van der Waals surface area contributed by atoms with Crippen LogP contribution in [0, 0.1) is 0 Å². The Hall–Kier alpha value is -0.860. The Morgan fingerprint density at radius 2 is 2.11 bits per heavy atom. The molecule has 1 aromatic rings. The Kier molecular flexibility index (Phi) is 7.70. The molecule has 0 aliphatic rings. The predicted molar refractivity (Wildman–Crippen MR) is 80.7 cm³/mol. The molecule has 18 heavy (non-hydrogen) atoms. The van der Waals surface area contributed by atoms with E-state index in [0.717, 1.165) is 30.1 Å². The monoisotopic (exact) mass is 266 g/mol. The predicted octanol–water partition coefficient (Wildman–Crippen LogP) is 3.86. The minimum atomic E-state index is 0.528. The zero-order valence-corrected chi connectivity index (χ0v) is 11.9. The molecule has 0 radical (unpaired) electrons. The van der Waals surface area contributed by atoms with Crippen molar-refractivity contribution in [3.8, 4) is 0 Å². The molecule has 0 unspecified atom stereocenters. The molecule has 0 heterocycles. The Morgan fingerprint density at radius 1 is 1.28 bits per heavy atom. The third-order valence-electron chi connectivity index (χ3n) is 2.88. The van der Waals surface area contributed by atoms with Gasteiger partial charge in [0.25, 0.3) is 0 Å². The second kappa shape index (κ2) is 9.12. The first-order valence-corrected chi connectivity index (χ1v) is 7.10. The number of benzene rings is 1. The molecule has 0 fully saturated rings. The first kappa shape index (κ1) is 15.2. The molecule has 2 N–H and O–H groups in total. The number of nitrogens with zero attached hydrogens (tertiary/aromatic N) is 1. The lowest BCUT2D eigenvalue weighted by Crippen LogP contribution is -2.17. The minimum Gasteiger partial charge on any atom is -0.325 e. The summed E-state index contributed by atoms with van der Waals surface area (Å²) in [5.41, 5.74) is 7.98. The highest BCUT2D eigenvalue weighted by atomic mass is 35.5. The molecule has 0 spiro atoms. The summed E-state index contributed by atoms with van der Waals surface area (Å²) in [5, 5.41) is 0.770. The van der Waals surface area contributed by atoms with E-state index in [4.69, 9.17) is 17.3 Å². The number of rotatable bonds is 8. The average molecular weight is 267 g/mol. The average Bonchev–Trinajstić information content (AvgIpc) is 2.37. The van der Waals surface area contributed by atoms with Crippen LogP contribution in [0.15, 0.2) is 29.3 Å². The molecule has 0 saturated carbocycles. The van der Waals surface area contributed by atoms with Gasteiger partial charge in [-0.25, -0.2) is 0 Å². The van der Waals surface area contributed by atoms with Gasteiger partial charge in [-0.15, -0.1) is 0 Å². The van der Waals surface area contributed by atoms with Crippen molar-refractivity contribution in [2.45, 2.75) is 39.0 Å². The fraction of sp³-hybridized carbons (Fsp3) is 0.533. The van der Waals surface area contributed by atoms with E-state index in [1.807, 2.05) is 18.2 Å². The van der Waals surface area contributed by atoms with E-state index in [9.17, 15) is 0 Å². The summed E-state index contributed by atoms with van der Waals surface area (Å²) < 4.78 is 0. The van der Waals surface area contributed by atoms with Crippen LogP contribution >= 0.6 is 11.6 Å². The maximum atomic E-state index is 5.96. The third kappa shape index (κ3) is 6.18. The lowest BCUT2D eigenvalue weighted by atomic mass is 10.1. The molecule has 0 aliphatic carbocycles. The van der Waals surface area contributed by atoms with Crippen LogP contribution in [0.1, 0.15) is 38.2 Å². The SMILES string of the molecule is CCCCCCN=C(CN)Cc1cccc(Cl)c1. The van der Waals surface area contributed by atoms with Crippen molar-refractivity contribution in [3.05, 3.63) is 34.9 Å². The molecule has 1 aromatic carbocycles. The zero-order valence-electron chi connectivity index (χ0n) is 11.2. The summed E-state index contributed by atoms with van der Waals surface area (Å²) in [6, 6.07) is 7.89. The van der Waals surface area contributed by atoms with Gasteiger partial charge in [-0.05, 0) is 24.1 Å². The second-order valence-corrected chi connectivity index (χ2v) is 4.96. The van der Waals surface area contributed by atoms with E-state index in [0.29, 0.717) is 6.54 Å². The summed E-state index contributed by atoms with van der Waals surface area (Å²) in [6.45, 7) is 3.64. The molecule has 0 atom stereocenters. The summed E-state index contributed by atoms with van der Waals surface area (Å²) in [7, 11) is 0. The highest BCUT2D eigenvalue weighted by molar-refractivity contribution is 6.30. The fourth-order valence-corrected chi connectivity index (χ4v) is 2.06. The van der Waals surface area contributed by atoms with Crippen LogP contribution < -0.4 is 5.73 Å². The highest BCUT2D eigenvalue weighted by Crippen LogP contribution is 2.11. The standard InChI is InChI=1S/C15H23ClN2/c1-2-3-4-5-9-18-15(12-17)11-13-7-6-8-14(16)10-13/h6-8,10H,2-5,9,11-12,17H2,1H3. The topological polar surface area (TPSA) is 38.4 Å². The maximum absolute atomic E-state index is 5.96. The van der Waals surface area contributed by atoms with Crippen LogP contribution in [-0.4, -0.2) is 18.8 Å². The molecule has 3 heteroatoms. The van der Waals surface area contributed by atoms with Crippen molar-refractivity contribution in [2.75, 3.05) is 13.1 Å². The van der Waals surface area contributed by atoms with Gasteiger partial charge < -0.3 is 5.73 Å². The molecule has 100 valence electrons. The fourth-order valence-electron chi connectivity index (χ4n) is 1.85. The van der Waals surface area contributed by atoms with Gasteiger partial charge in [0.2, 0.25) is 0 Å². The third-order valence-corrected chi connectivity index (χ3v) is 3.12. The number of halogens is 1. The van der Waals surface area contributed by atoms with Crippen LogP contribution in [-0.2, 0) is 6.42 Å². The van der Waals surface area contributed by atoms with E-state index in [1.54, 1.807) is 0 Å². The lowest BCUT2D eigenvalue weighted by molar-refractivity contribution is 0.674. The van der Waals surface area contributed by atoms with Crippen LogP contribution in [0.4, 0.5) is 0 Å². The Bertz CT molecular complexity index is 375. The summed E-state index contributed by atoms with van der Waals surface area (Å²) in [4.78, 5) is 4.59. The number of unbranched alkanes of at least 4 members (excludes halogenated alkanes) is 3. The first-order valence-electron chi connectivity index (χ1n) is 6.73. The maximum Gasteiger partial charge on any atom is 0.0408 e. The Labute approximate surface area is 115 Å². The van der Waals surface area contributed by atoms with Gasteiger partial charge in [0, 0.05) is 30.2 Å². The first-order chi connectivity index (χ1) is 8.76. The van der Waals surface area contributed by atoms with E-state index < -0.39 is 0 Å². The molecular formula is C15H23ClN2. The van der Waals surface area contributed by atoms with E-state index in [1.165, 1.54) is 24.8 Å².